The number of thiazole rings is 1. The largest absolute Gasteiger partial charge is 0.496 e. The third-order valence-electron chi connectivity index (χ3n) is 2.86. The molecule has 0 fully saturated rings. The summed E-state index contributed by atoms with van der Waals surface area (Å²) in [5.41, 5.74) is 2.26. The predicted molar refractivity (Wildman–Crippen MR) is 83.0 cm³/mol. The zero-order chi connectivity index (χ0) is 14.4. The van der Waals surface area contributed by atoms with Gasteiger partial charge in [0.2, 0.25) is 0 Å². The molecule has 0 saturated carbocycles. The summed E-state index contributed by atoms with van der Waals surface area (Å²) >= 11 is 1.71. The number of hydrogen-bond donors (Lipinski definition) is 1. The van der Waals surface area contributed by atoms with E-state index < -0.39 is 0 Å². The maximum atomic E-state index is 5.34. The molecule has 0 bridgehead atoms. The molecule has 5 heteroatoms. The highest BCUT2D eigenvalue weighted by molar-refractivity contribution is 7.09. The van der Waals surface area contributed by atoms with Gasteiger partial charge in [-0.05, 0) is 20.2 Å². The molecule has 0 saturated heterocycles. The van der Waals surface area contributed by atoms with Crippen molar-refractivity contribution in [1.29, 1.82) is 0 Å². The first-order valence-corrected chi connectivity index (χ1v) is 7.47. The number of para-hydroxylation sites is 1. The molecule has 0 aliphatic heterocycles. The second-order valence-electron chi connectivity index (χ2n) is 4.89. The van der Waals surface area contributed by atoms with Gasteiger partial charge < -0.3 is 15.0 Å². The minimum absolute atomic E-state index is 0.780. The molecule has 0 aliphatic carbocycles. The monoisotopic (exact) mass is 291 g/mol. The van der Waals surface area contributed by atoms with Crippen LogP contribution in [0.2, 0.25) is 0 Å². The van der Waals surface area contributed by atoms with E-state index in [0.717, 1.165) is 36.1 Å². The molecule has 0 spiro atoms. The van der Waals surface area contributed by atoms with Crippen LogP contribution in [0, 0.1) is 0 Å². The fourth-order valence-corrected chi connectivity index (χ4v) is 2.86. The second kappa shape index (κ2) is 7.38. The summed E-state index contributed by atoms with van der Waals surface area (Å²) in [6.45, 7) is 2.46. The van der Waals surface area contributed by atoms with Crippen LogP contribution in [0.4, 0.5) is 0 Å². The molecule has 1 heterocycles. The summed E-state index contributed by atoms with van der Waals surface area (Å²) in [5.74, 6) is 0.923. The van der Waals surface area contributed by atoms with Crippen LogP contribution in [-0.4, -0.2) is 31.1 Å². The quantitative estimate of drug-likeness (QED) is 0.850. The molecule has 0 radical (unpaired) electrons. The third-order valence-corrected chi connectivity index (χ3v) is 3.75. The summed E-state index contributed by atoms with van der Waals surface area (Å²) in [7, 11) is 5.81. The zero-order valence-corrected chi connectivity index (χ0v) is 13.0. The van der Waals surface area contributed by atoms with Crippen LogP contribution < -0.4 is 10.1 Å². The molecular formula is C15H21N3OS. The first-order chi connectivity index (χ1) is 9.69. The maximum absolute atomic E-state index is 5.34. The summed E-state index contributed by atoms with van der Waals surface area (Å²) in [4.78, 5) is 6.74. The Labute approximate surface area is 124 Å². The van der Waals surface area contributed by atoms with E-state index in [9.17, 15) is 0 Å². The number of ether oxygens (including phenoxy) is 1. The van der Waals surface area contributed by atoms with Gasteiger partial charge in [0.1, 0.15) is 10.8 Å². The maximum Gasteiger partial charge on any atom is 0.123 e. The van der Waals surface area contributed by atoms with Crippen LogP contribution in [0.1, 0.15) is 16.3 Å². The van der Waals surface area contributed by atoms with Gasteiger partial charge in [-0.2, -0.15) is 0 Å². The highest BCUT2D eigenvalue weighted by atomic mass is 32.1. The van der Waals surface area contributed by atoms with Gasteiger partial charge in [-0.25, -0.2) is 4.98 Å². The van der Waals surface area contributed by atoms with Gasteiger partial charge >= 0.3 is 0 Å². The van der Waals surface area contributed by atoms with E-state index in [0.29, 0.717) is 0 Å². The number of aromatic nitrogens is 1. The third kappa shape index (κ3) is 4.30. The Kier molecular flexibility index (Phi) is 5.52. The van der Waals surface area contributed by atoms with Gasteiger partial charge in [0, 0.05) is 30.6 Å². The van der Waals surface area contributed by atoms with Crippen LogP contribution in [0.25, 0.3) is 0 Å². The fourth-order valence-electron chi connectivity index (χ4n) is 1.95. The fraction of sp³-hybridized carbons (Fsp3) is 0.400. The van der Waals surface area contributed by atoms with Crippen molar-refractivity contribution in [3.8, 4) is 5.75 Å². The number of nitrogens with zero attached hydrogens (tertiary/aromatic N) is 2. The number of nitrogens with one attached hydrogen (secondary N) is 1. The average Bonchev–Trinajstić information content (AvgIpc) is 2.86. The Balaban J connectivity index is 1.85. The van der Waals surface area contributed by atoms with Gasteiger partial charge in [0.15, 0.2) is 0 Å². The summed E-state index contributed by atoms with van der Waals surface area (Å²) in [6, 6.07) is 8.06. The molecule has 1 aromatic heterocycles. The van der Waals surface area contributed by atoms with E-state index in [-0.39, 0.29) is 0 Å². The lowest BCUT2D eigenvalue weighted by Crippen LogP contribution is -2.14. The molecular weight excluding hydrogens is 270 g/mol. The van der Waals surface area contributed by atoms with Crippen LogP contribution in [0.15, 0.2) is 29.6 Å². The Morgan fingerprint density at radius 1 is 1.25 bits per heavy atom. The number of hydrogen-bond acceptors (Lipinski definition) is 5. The van der Waals surface area contributed by atoms with Gasteiger partial charge in [-0.1, -0.05) is 18.2 Å². The minimum atomic E-state index is 0.780. The number of rotatable bonds is 7. The molecule has 2 aromatic rings. The van der Waals surface area contributed by atoms with E-state index in [4.69, 9.17) is 4.74 Å². The summed E-state index contributed by atoms with van der Waals surface area (Å²) < 4.78 is 5.34. The molecule has 20 heavy (non-hydrogen) atoms. The van der Waals surface area contributed by atoms with Crippen LogP contribution in [-0.2, 0) is 19.6 Å². The lowest BCUT2D eigenvalue weighted by molar-refractivity contribution is 0.401. The normalized spacial score (nSPS) is 11.0. The van der Waals surface area contributed by atoms with Gasteiger partial charge in [0.25, 0.3) is 0 Å². The molecule has 1 N–H and O–H groups in total. The Bertz CT molecular complexity index is 539. The van der Waals surface area contributed by atoms with Crippen LogP contribution in [0.3, 0.4) is 0 Å². The summed E-state index contributed by atoms with van der Waals surface area (Å²) in [6.07, 6.45) is 0. The van der Waals surface area contributed by atoms with Crippen molar-refractivity contribution in [1.82, 2.24) is 15.2 Å². The van der Waals surface area contributed by atoms with Crippen molar-refractivity contribution in [2.45, 2.75) is 19.6 Å². The standard InChI is InChI=1S/C15H21N3OS/c1-18(2)10-15-17-13(11-20-15)9-16-8-12-6-4-5-7-14(12)19-3/h4-7,11,16H,8-10H2,1-3H3. The van der Waals surface area contributed by atoms with Crippen LogP contribution >= 0.6 is 11.3 Å². The highest BCUT2D eigenvalue weighted by Gasteiger charge is 2.04. The smallest absolute Gasteiger partial charge is 0.123 e. The van der Waals surface area contributed by atoms with Crippen molar-refractivity contribution in [2.75, 3.05) is 21.2 Å². The van der Waals surface area contributed by atoms with Crippen molar-refractivity contribution >= 4 is 11.3 Å². The van der Waals surface area contributed by atoms with E-state index in [2.05, 4.69) is 40.7 Å². The predicted octanol–water partition coefficient (Wildman–Crippen LogP) is 2.50. The van der Waals surface area contributed by atoms with E-state index >= 15 is 0 Å². The van der Waals surface area contributed by atoms with Gasteiger partial charge in [-0.3, -0.25) is 0 Å². The van der Waals surface area contributed by atoms with Crippen LogP contribution in [0.5, 0.6) is 5.75 Å². The molecule has 2 rings (SSSR count). The van der Waals surface area contributed by atoms with Crippen molar-refractivity contribution in [3.05, 3.63) is 45.9 Å². The van der Waals surface area contributed by atoms with E-state index in [1.807, 2.05) is 18.2 Å². The van der Waals surface area contributed by atoms with Crippen molar-refractivity contribution in [3.63, 3.8) is 0 Å². The Morgan fingerprint density at radius 2 is 2.05 bits per heavy atom. The molecule has 1 aromatic carbocycles. The second-order valence-corrected chi connectivity index (χ2v) is 5.83. The number of benzene rings is 1. The van der Waals surface area contributed by atoms with Crippen molar-refractivity contribution < 1.29 is 4.74 Å². The van der Waals surface area contributed by atoms with E-state index in [1.54, 1.807) is 18.4 Å². The number of methoxy groups -OCH3 is 1. The SMILES string of the molecule is COc1ccccc1CNCc1csc(CN(C)C)n1. The van der Waals surface area contributed by atoms with Gasteiger partial charge in [0.05, 0.1) is 12.8 Å². The summed E-state index contributed by atoms with van der Waals surface area (Å²) in [5, 5.41) is 6.69. The minimum Gasteiger partial charge on any atom is -0.496 e. The first-order valence-electron chi connectivity index (χ1n) is 6.59. The highest BCUT2D eigenvalue weighted by Crippen LogP contribution is 2.17. The molecule has 4 nitrogen and oxygen atoms in total. The lowest BCUT2D eigenvalue weighted by Gasteiger charge is -2.08. The molecule has 0 unspecified atom stereocenters. The average molecular weight is 291 g/mol. The molecule has 0 aliphatic rings. The Morgan fingerprint density at radius 3 is 2.80 bits per heavy atom. The van der Waals surface area contributed by atoms with Crippen molar-refractivity contribution in [2.24, 2.45) is 0 Å². The molecule has 108 valence electrons. The molecule has 0 amide bonds. The van der Waals surface area contributed by atoms with E-state index in [1.165, 1.54) is 5.56 Å². The molecule has 0 atom stereocenters. The lowest BCUT2D eigenvalue weighted by atomic mass is 10.2. The topological polar surface area (TPSA) is 37.4 Å². The first kappa shape index (κ1) is 15.0. The zero-order valence-electron chi connectivity index (χ0n) is 12.2. The van der Waals surface area contributed by atoms with Gasteiger partial charge in [-0.15, -0.1) is 11.3 Å². The Hall–Kier alpha value is -1.43.